The molecule has 0 saturated carbocycles. The second-order valence-corrected chi connectivity index (χ2v) is 5.86. The third-order valence-corrected chi connectivity index (χ3v) is 3.95. The third kappa shape index (κ3) is 4.80. The Bertz CT molecular complexity index is 752. The standard InChI is InChI=1S/C19H19FN2O4/c20-15-6-8-16(9-7-15)22-11-17(25-13-18(22)23)10-21-19(24)26-12-14-4-2-1-3-5-14/h1-9,17H,10-13H2,(H,21,24). The minimum atomic E-state index is -0.553. The van der Waals surface area contributed by atoms with Gasteiger partial charge in [-0.1, -0.05) is 30.3 Å². The summed E-state index contributed by atoms with van der Waals surface area (Å²) in [6.45, 7) is 0.559. The number of hydrogen-bond acceptors (Lipinski definition) is 4. The first-order valence-corrected chi connectivity index (χ1v) is 8.24. The van der Waals surface area contributed by atoms with Crippen LogP contribution in [0.2, 0.25) is 0 Å². The van der Waals surface area contributed by atoms with Crippen LogP contribution < -0.4 is 10.2 Å². The SMILES string of the molecule is O=C(NCC1CN(c2ccc(F)cc2)C(=O)CO1)OCc1ccccc1. The highest BCUT2D eigenvalue weighted by Gasteiger charge is 2.27. The van der Waals surface area contributed by atoms with Crippen LogP contribution in [0.1, 0.15) is 5.56 Å². The molecule has 0 radical (unpaired) electrons. The number of halogens is 1. The third-order valence-electron chi connectivity index (χ3n) is 3.95. The van der Waals surface area contributed by atoms with E-state index in [0.717, 1.165) is 5.56 Å². The predicted octanol–water partition coefficient (Wildman–Crippen LogP) is 2.48. The van der Waals surface area contributed by atoms with Crippen molar-refractivity contribution in [3.8, 4) is 0 Å². The maximum Gasteiger partial charge on any atom is 0.407 e. The zero-order valence-corrected chi connectivity index (χ0v) is 14.1. The zero-order chi connectivity index (χ0) is 18.4. The van der Waals surface area contributed by atoms with Gasteiger partial charge in [-0.3, -0.25) is 4.79 Å². The van der Waals surface area contributed by atoms with Gasteiger partial charge in [0.1, 0.15) is 19.0 Å². The van der Waals surface area contributed by atoms with E-state index in [4.69, 9.17) is 9.47 Å². The molecule has 1 aliphatic heterocycles. The zero-order valence-electron chi connectivity index (χ0n) is 14.1. The minimum absolute atomic E-state index is 0.0945. The molecule has 1 saturated heterocycles. The molecule has 0 bridgehead atoms. The van der Waals surface area contributed by atoms with E-state index in [2.05, 4.69) is 5.32 Å². The summed E-state index contributed by atoms with van der Waals surface area (Å²) in [7, 11) is 0. The summed E-state index contributed by atoms with van der Waals surface area (Å²) in [6.07, 6.45) is -0.926. The van der Waals surface area contributed by atoms with Crippen LogP contribution in [0.4, 0.5) is 14.9 Å². The number of ether oxygens (including phenoxy) is 2. The molecule has 2 amide bonds. The largest absolute Gasteiger partial charge is 0.445 e. The number of carbonyl (C=O) groups excluding carboxylic acids is 2. The molecular formula is C19H19FN2O4. The monoisotopic (exact) mass is 358 g/mol. The van der Waals surface area contributed by atoms with Gasteiger partial charge in [-0.25, -0.2) is 9.18 Å². The lowest BCUT2D eigenvalue weighted by Gasteiger charge is -2.32. The van der Waals surface area contributed by atoms with Crippen LogP contribution in [-0.4, -0.2) is 37.8 Å². The van der Waals surface area contributed by atoms with Crippen LogP contribution >= 0.6 is 0 Å². The Morgan fingerprint density at radius 1 is 1.19 bits per heavy atom. The quantitative estimate of drug-likeness (QED) is 0.892. The number of anilines is 1. The van der Waals surface area contributed by atoms with Crippen molar-refractivity contribution in [2.24, 2.45) is 0 Å². The Balaban J connectivity index is 1.48. The first-order chi connectivity index (χ1) is 12.6. The van der Waals surface area contributed by atoms with Gasteiger partial charge in [0.05, 0.1) is 12.6 Å². The van der Waals surface area contributed by atoms with Crippen molar-refractivity contribution >= 4 is 17.7 Å². The highest BCUT2D eigenvalue weighted by atomic mass is 19.1. The van der Waals surface area contributed by atoms with Crippen LogP contribution in [0.5, 0.6) is 0 Å². The Labute approximate surface area is 150 Å². The second-order valence-electron chi connectivity index (χ2n) is 5.86. The maximum absolute atomic E-state index is 13.0. The molecule has 1 fully saturated rings. The normalized spacial score (nSPS) is 17.0. The highest BCUT2D eigenvalue weighted by molar-refractivity contribution is 5.94. The van der Waals surface area contributed by atoms with Gasteiger partial charge in [-0.05, 0) is 29.8 Å². The van der Waals surface area contributed by atoms with Crippen molar-refractivity contribution in [2.75, 3.05) is 24.6 Å². The first kappa shape index (κ1) is 17.9. The van der Waals surface area contributed by atoms with Crippen molar-refractivity contribution < 1.29 is 23.5 Å². The molecule has 0 aliphatic carbocycles. The number of nitrogens with zero attached hydrogens (tertiary/aromatic N) is 1. The van der Waals surface area contributed by atoms with Crippen molar-refractivity contribution in [1.82, 2.24) is 5.32 Å². The van der Waals surface area contributed by atoms with E-state index in [-0.39, 0.29) is 44.1 Å². The summed E-state index contributed by atoms with van der Waals surface area (Å²) in [5, 5.41) is 2.63. The maximum atomic E-state index is 13.0. The molecule has 1 heterocycles. The molecule has 1 unspecified atom stereocenters. The Kier molecular flexibility index (Phi) is 5.80. The molecule has 136 valence electrons. The molecule has 1 aliphatic rings. The van der Waals surface area contributed by atoms with Crippen molar-refractivity contribution in [1.29, 1.82) is 0 Å². The first-order valence-electron chi connectivity index (χ1n) is 8.24. The number of carbonyl (C=O) groups is 2. The van der Waals surface area contributed by atoms with E-state index in [1.165, 1.54) is 29.2 Å². The van der Waals surface area contributed by atoms with Gasteiger partial charge >= 0.3 is 6.09 Å². The van der Waals surface area contributed by atoms with Gasteiger partial charge in [-0.2, -0.15) is 0 Å². The second kappa shape index (κ2) is 8.44. The van der Waals surface area contributed by atoms with Crippen LogP contribution in [0, 0.1) is 5.82 Å². The molecule has 2 aromatic rings. The molecule has 0 aromatic heterocycles. The number of alkyl carbamates (subject to hydrolysis) is 1. The number of morpholine rings is 1. The molecule has 2 aromatic carbocycles. The number of benzene rings is 2. The smallest absolute Gasteiger partial charge is 0.407 e. The number of nitrogens with one attached hydrogen (secondary N) is 1. The van der Waals surface area contributed by atoms with E-state index in [1.807, 2.05) is 30.3 Å². The van der Waals surface area contributed by atoms with Gasteiger partial charge in [-0.15, -0.1) is 0 Å². The molecule has 26 heavy (non-hydrogen) atoms. The summed E-state index contributed by atoms with van der Waals surface area (Å²) in [5.41, 5.74) is 1.49. The topological polar surface area (TPSA) is 67.9 Å². The van der Waals surface area contributed by atoms with Gasteiger partial charge in [0.15, 0.2) is 0 Å². The van der Waals surface area contributed by atoms with Gasteiger partial charge in [0.25, 0.3) is 5.91 Å². The lowest BCUT2D eigenvalue weighted by Crippen LogP contribution is -2.50. The summed E-state index contributed by atoms with van der Waals surface area (Å²) >= 11 is 0. The van der Waals surface area contributed by atoms with Crippen LogP contribution in [0.25, 0.3) is 0 Å². The van der Waals surface area contributed by atoms with E-state index in [1.54, 1.807) is 0 Å². The minimum Gasteiger partial charge on any atom is -0.445 e. The predicted molar refractivity (Wildman–Crippen MR) is 93.1 cm³/mol. The van der Waals surface area contributed by atoms with E-state index in [0.29, 0.717) is 5.69 Å². The Morgan fingerprint density at radius 2 is 1.92 bits per heavy atom. The number of rotatable bonds is 5. The Morgan fingerprint density at radius 3 is 2.65 bits per heavy atom. The average molecular weight is 358 g/mol. The molecule has 3 rings (SSSR count). The fourth-order valence-electron chi connectivity index (χ4n) is 2.59. The van der Waals surface area contributed by atoms with E-state index >= 15 is 0 Å². The molecule has 0 spiro atoms. The molecule has 6 nitrogen and oxygen atoms in total. The van der Waals surface area contributed by atoms with Gasteiger partial charge in [0, 0.05) is 12.2 Å². The molecule has 7 heteroatoms. The molecule has 1 atom stereocenters. The molecule has 1 N–H and O–H groups in total. The van der Waals surface area contributed by atoms with Crippen molar-refractivity contribution in [3.05, 3.63) is 66.0 Å². The average Bonchev–Trinajstić information content (AvgIpc) is 2.67. The fourth-order valence-corrected chi connectivity index (χ4v) is 2.59. The van der Waals surface area contributed by atoms with Crippen LogP contribution in [-0.2, 0) is 20.9 Å². The lowest BCUT2D eigenvalue weighted by atomic mass is 10.2. The van der Waals surface area contributed by atoms with Crippen molar-refractivity contribution in [3.63, 3.8) is 0 Å². The summed E-state index contributed by atoms with van der Waals surface area (Å²) in [5.74, 6) is -0.576. The summed E-state index contributed by atoms with van der Waals surface area (Å²) in [6, 6.07) is 15.0. The van der Waals surface area contributed by atoms with E-state index in [9.17, 15) is 14.0 Å². The highest BCUT2D eigenvalue weighted by Crippen LogP contribution is 2.19. The number of amides is 2. The van der Waals surface area contributed by atoms with Crippen molar-refractivity contribution in [2.45, 2.75) is 12.7 Å². The summed E-state index contributed by atoms with van der Waals surface area (Å²) < 4.78 is 23.6. The van der Waals surface area contributed by atoms with Gasteiger partial charge in [0.2, 0.25) is 0 Å². The molecular weight excluding hydrogens is 339 g/mol. The fraction of sp³-hybridized carbons (Fsp3) is 0.263. The van der Waals surface area contributed by atoms with Gasteiger partial charge < -0.3 is 19.7 Å². The van der Waals surface area contributed by atoms with E-state index < -0.39 is 6.09 Å². The number of hydrogen-bond donors (Lipinski definition) is 1. The van der Waals surface area contributed by atoms with Crippen LogP contribution in [0.15, 0.2) is 54.6 Å². The van der Waals surface area contributed by atoms with Crippen LogP contribution in [0.3, 0.4) is 0 Å². The lowest BCUT2D eigenvalue weighted by molar-refractivity contribution is -0.129. The summed E-state index contributed by atoms with van der Waals surface area (Å²) in [4.78, 5) is 25.3. The Hall–Kier alpha value is -2.93.